The van der Waals surface area contributed by atoms with E-state index in [1.54, 1.807) is 6.07 Å². The van der Waals surface area contributed by atoms with E-state index in [0.717, 1.165) is 46.1 Å². The van der Waals surface area contributed by atoms with E-state index in [4.69, 9.17) is 14.2 Å². The van der Waals surface area contributed by atoms with Crippen molar-refractivity contribution in [1.29, 1.82) is 0 Å². The molecule has 0 saturated carbocycles. The number of carbonyl (C=O) groups is 1. The van der Waals surface area contributed by atoms with Gasteiger partial charge in [-0.15, -0.1) is 0 Å². The lowest BCUT2D eigenvalue weighted by atomic mass is 10.0. The lowest BCUT2D eigenvalue weighted by molar-refractivity contribution is 0.0465. The average Bonchev–Trinajstić information content (AvgIpc) is 3.37. The predicted molar refractivity (Wildman–Crippen MR) is 115 cm³/mol. The van der Waals surface area contributed by atoms with E-state index in [9.17, 15) is 4.79 Å². The first-order chi connectivity index (χ1) is 14.7. The molecule has 0 fully saturated rings. The van der Waals surface area contributed by atoms with Crippen LogP contribution in [0.2, 0.25) is 0 Å². The molecule has 1 aliphatic rings. The van der Waals surface area contributed by atoms with Crippen molar-refractivity contribution in [2.24, 2.45) is 0 Å². The second-order valence-corrected chi connectivity index (χ2v) is 7.42. The summed E-state index contributed by atoms with van der Waals surface area (Å²) in [6.07, 6.45) is 3.76. The minimum absolute atomic E-state index is 0.0777. The van der Waals surface area contributed by atoms with Gasteiger partial charge < -0.3 is 9.26 Å². The highest BCUT2D eigenvalue weighted by Crippen LogP contribution is 2.37. The van der Waals surface area contributed by atoms with E-state index in [1.807, 2.05) is 49.4 Å². The Bertz CT molecular complexity index is 1270. The largest absolute Gasteiger partial charge is 0.455 e. The summed E-state index contributed by atoms with van der Waals surface area (Å²) in [5.41, 5.74) is 6.11. The molecule has 0 atom stereocenters. The molecule has 5 nitrogen and oxygen atoms in total. The lowest BCUT2D eigenvalue weighted by Crippen LogP contribution is -2.10. The van der Waals surface area contributed by atoms with Gasteiger partial charge >= 0.3 is 5.97 Å². The van der Waals surface area contributed by atoms with Crippen LogP contribution in [0, 0.1) is 6.92 Å². The minimum Gasteiger partial charge on any atom is -0.455 e. The molecule has 148 valence electrons. The maximum Gasteiger partial charge on any atom is 0.339 e. The molecular formula is C25H20N2O3. The highest BCUT2D eigenvalue weighted by atomic mass is 16.5. The number of aryl methyl sites for hydroxylation is 1. The zero-order chi connectivity index (χ0) is 20.5. The molecule has 5 heteroatoms. The summed E-state index contributed by atoms with van der Waals surface area (Å²) in [5, 5.41) is 4.72. The van der Waals surface area contributed by atoms with Crippen LogP contribution in [0.25, 0.3) is 22.6 Å². The third-order valence-corrected chi connectivity index (χ3v) is 5.31. The summed E-state index contributed by atoms with van der Waals surface area (Å²) < 4.78 is 10.7. The zero-order valence-electron chi connectivity index (χ0n) is 16.6. The van der Waals surface area contributed by atoms with Crippen LogP contribution in [0.3, 0.4) is 0 Å². The predicted octanol–water partition coefficient (Wildman–Crippen LogP) is 5.38. The van der Waals surface area contributed by atoms with Gasteiger partial charge in [0, 0.05) is 11.5 Å². The Hall–Kier alpha value is -3.73. The monoisotopic (exact) mass is 396 g/mol. The second-order valence-electron chi connectivity index (χ2n) is 7.42. The molecule has 0 spiro atoms. The highest BCUT2D eigenvalue weighted by molar-refractivity contribution is 6.07. The van der Waals surface area contributed by atoms with E-state index < -0.39 is 0 Å². The number of hydrogen-bond donors (Lipinski definition) is 0. The Kier molecular flexibility index (Phi) is 4.64. The summed E-state index contributed by atoms with van der Waals surface area (Å²) in [5.74, 6) is 0.332. The van der Waals surface area contributed by atoms with E-state index in [1.165, 1.54) is 0 Å². The number of carbonyl (C=O) groups excluding carboxylic acids is 1. The van der Waals surface area contributed by atoms with Gasteiger partial charge in [-0.05, 0) is 48.6 Å². The van der Waals surface area contributed by atoms with Crippen LogP contribution >= 0.6 is 0 Å². The third kappa shape index (κ3) is 3.39. The normalized spacial score (nSPS) is 14.2. The molecule has 0 bridgehead atoms. The van der Waals surface area contributed by atoms with Crippen molar-refractivity contribution in [3.05, 3.63) is 94.5 Å². The number of para-hydroxylation sites is 1. The van der Waals surface area contributed by atoms with Crippen molar-refractivity contribution in [3.63, 3.8) is 0 Å². The van der Waals surface area contributed by atoms with Gasteiger partial charge in [-0.2, -0.15) is 0 Å². The van der Waals surface area contributed by atoms with Crippen molar-refractivity contribution in [2.75, 3.05) is 0 Å². The molecule has 0 amide bonds. The fourth-order valence-electron chi connectivity index (χ4n) is 3.96. The number of benzene rings is 2. The molecule has 0 aliphatic heterocycles. The summed E-state index contributed by atoms with van der Waals surface area (Å²) in [6.45, 7) is 1.89. The van der Waals surface area contributed by atoms with Crippen molar-refractivity contribution in [3.8, 4) is 0 Å². The second kappa shape index (κ2) is 7.59. The highest BCUT2D eigenvalue weighted by Gasteiger charge is 2.27. The first-order valence-corrected chi connectivity index (χ1v) is 9.96. The Morgan fingerprint density at radius 1 is 1.10 bits per heavy atom. The minimum atomic E-state index is -0.355. The van der Waals surface area contributed by atoms with Crippen molar-refractivity contribution in [2.45, 2.75) is 26.4 Å². The molecular weight excluding hydrogens is 376 g/mol. The summed E-state index contributed by atoms with van der Waals surface area (Å²) >= 11 is 0. The Morgan fingerprint density at radius 2 is 1.90 bits per heavy atom. The number of hydrogen-bond acceptors (Lipinski definition) is 5. The van der Waals surface area contributed by atoms with E-state index in [2.05, 4.69) is 23.4 Å². The number of pyridine rings is 1. The molecule has 0 saturated heterocycles. The zero-order valence-corrected chi connectivity index (χ0v) is 16.6. The van der Waals surface area contributed by atoms with E-state index in [0.29, 0.717) is 17.0 Å². The molecule has 0 unspecified atom stereocenters. The van der Waals surface area contributed by atoms with Gasteiger partial charge in [0.2, 0.25) is 0 Å². The fraction of sp³-hybridized carbons (Fsp3) is 0.160. The van der Waals surface area contributed by atoms with Crippen LogP contribution in [0.1, 0.15) is 45.1 Å². The lowest BCUT2D eigenvalue weighted by Gasteiger charge is -2.12. The number of allylic oxidation sites excluding steroid dienone is 1. The van der Waals surface area contributed by atoms with Crippen LogP contribution in [0.5, 0.6) is 0 Å². The summed E-state index contributed by atoms with van der Waals surface area (Å²) in [4.78, 5) is 18.0. The number of ether oxygens (including phenoxy) is 1. The van der Waals surface area contributed by atoms with Crippen LogP contribution in [0.15, 0.2) is 65.2 Å². The van der Waals surface area contributed by atoms with Crippen LogP contribution in [0.4, 0.5) is 0 Å². The standard InChI is InChI=1S/C25H20N2O3/c1-16-13-19(27-30-16)15-29-25(28)23-20-9-5-6-10-22(20)26-24-18(11-12-21(23)24)14-17-7-3-2-4-8-17/h2-10,13-14H,11-12,15H2,1H3/b18-14+. The van der Waals surface area contributed by atoms with Gasteiger partial charge in [0.05, 0.1) is 16.8 Å². The quantitative estimate of drug-likeness (QED) is 0.434. The maximum absolute atomic E-state index is 13.1. The van der Waals surface area contributed by atoms with Gasteiger partial charge in [-0.1, -0.05) is 53.7 Å². The Labute approximate surface area is 174 Å². The van der Waals surface area contributed by atoms with Crippen LogP contribution < -0.4 is 0 Å². The Balaban J connectivity index is 1.56. The fourth-order valence-corrected chi connectivity index (χ4v) is 3.96. The van der Waals surface area contributed by atoms with Crippen molar-refractivity contribution < 1.29 is 14.1 Å². The van der Waals surface area contributed by atoms with Crippen molar-refractivity contribution in [1.82, 2.24) is 10.1 Å². The molecule has 2 heterocycles. The summed E-state index contributed by atoms with van der Waals surface area (Å²) in [6, 6.07) is 19.7. The molecule has 2 aromatic heterocycles. The van der Waals surface area contributed by atoms with Gasteiger partial charge in [-0.25, -0.2) is 9.78 Å². The number of nitrogens with zero attached hydrogens (tertiary/aromatic N) is 2. The van der Waals surface area contributed by atoms with E-state index in [-0.39, 0.29) is 12.6 Å². The van der Waals surface area contributed by atoms with Gasteiger partial charge in [0.15, 0.2) is 0 Å². The summed E-state index contributed by atoms with van der Waals surface area (Å²) in [7, 11) is 0. The maximum atomic E-state index is 13.1. The number of fused-ring (bicyclic) bond motifs is 2. The number of rotatable bonds is 4. The topological polar surface area (TPSA) is 65.2 Å². The van der Waals surface area contributed by atoms with Crippen molar-refractivity contribution >= 4 is 28.5 Å². The first kappa shape index (κ1) is 18.3. The third-order valence-electron chi connectivity index (χ3n) is 5.31. The first-order valence-electron chi connectivity index (χ1n) is 9.96. The molecule has 0 N–H and O–H groups in total. The smallest absolute Gasteiger partial charge is 0.339 e. The van der Waals surface area contributed by atoms with Gasteiger partial charge in [0.25, 0.3) is 0 Å². The Morgan fingerprint density at radius 3 is 2.70 bits per heavy atom. The SMILES string of the molecule is Cc1cc(COC(=O)c2c3c(nc4ccccc24)/C(=C/c2ccccc2)CC3)no1. The molecule has 1 aliphatic carbocycles. The molecule has 4 aromatic rings. The van der Waals surface area contributed by atoms with Crippen LogP contribution in [-0.2, 0) is 17.8 Å². The van der Waals surface area contributed by atoms with Gasteiger partial charge in [-0.3, -0.25) is 0 Å². The molecule has 5 rings (SSSR count). The number of esters is 1. The molecule has 0 radical (unpaired) electrons. The van der Waals surface area contributed by atoms with Gasteiger partial charge in [0.1, 0.15) is 18.1 Å². The van der Waals surface area contributed by atoms with Crippen LogP contribution in [-0.4, -0.2) is 16.1 Å². The molecule has 2 aromatic carbocycles. The van der Waals surface area contributed by atoms with E-state index >= 15 is 0 Å². The molecule has 30 heavy (non-hydrogen) atoms. The average molecular weight is 396 g/mol. The number of aromatic nitrogens is 2.